The fourth-order valence-corrected chi connectivity index (χ4v) is 2.09. The average Bonchev–Trinajstić information content (AvgIpc) is 2.55. The van der Waals surface area contributed by atoms with Crippen LogP contribution in [-0.2, 0) is 9.63 Å². The highest BCUT2D eigenvalue weighted by Crippen LogP contribution is 2.22. The maximum atomic E-state index is 11.7. The molecule has 2 aliphatic rings. The number of hydrogen-bond donors (Lipinski definition) is 3. The first-order valence-corrected chi connectivity index (χ1v) is 5.41. The molecule has 4 N–H and O–H groups in total. The number of nitrogens with one attached hydrogen (secondary N) is 2. The second-order valence-corrected chi connectivity index (χ2v) is 4.00. The minimum atomic E-state index is -0.420. The molecule has 2 fully saturated rings. The summed E-state index contributed by atoms with van der Waals surface area (Å²) < 4.78 is 0. The largest absolute Gasteiger partial charge is 0.333 e. The van der Waals surface area contributed by atoms with Gasteiger partial charge in [-0.05, 0) is 12.8 Å². The molecule has 0 spiro atoms. The van der Waals surface area contributed by atoms with Crippen LogP contribution < -0.4 is 16.5 Å². The Hall–Kier alpha value is -1.34. The Balaban J connectivity index is 1.88. The zero-order valence-corrected chi connectivity index (χ0v) is 8.94. The molecule has 0 aromatic rings. The third kappa shape index (κ3) is 2.10. The zero-order valence-electron chi connectivity index (χ0n) is 8.94. The standard InChI is InChI=1S/C9H16N4O3/c10-3-4-16-12-8(14)7-2-1-6-5-13(7)9(15)11-6/h6-7H,1-5,10H2,(H,11,15)(H,12,14)/t6?,7-/m0/s1. The second kappa shape index (κ2) is 4.67. The van der Waals surface area contributed by atoms with E-state index in [0.717, 1.165) is 6.42 Å². The highest BCUT2D eigenvalue weighted by molar-refractivity contribution is 5.88. The molecule has 7 heteroatoms. The molecular weight excluding hydrogens is 212 g/mol. The van der Waals surface area contributed by atoms with Crippen molar-refractivity contribution in [3.63, 3.8) is 0 Å². The molecule has 90 valence electrons. The van der Waals surface area contributed by atoms with Gasteiger partial charge in [0.15, 0.2) is 0 Å². The van der Waals surface area contributed by atoms with E-state index in [1.807, 2.05) is 0 Å². The van der Waals surface area contributed by atoms with Crippen LogP contribution in [0.15, 0.2) is 0 Å². The number of carbonyl (C=O) groups is 2. The van der Waals surface area contributed by atoms with Gasteiger partial charge in [0.05, 0.1) is 6.61 Å². The van der Waals surface area contributed by atoms with Gasteiger partial charge in [0.25, 0.3) is 5.91 Å². The van der Waals surface area contributed by atoms with Crippen LogP contribution in [0.5, 0.6) is 0 Å². The Morgan fingerprint density at radius 3 is 3.19 bits per heavy atom. The summed E-state index contributed by atoms with van der Waals surface area (Å²) in [5, 5.41) is 2.81. The van der Waals surface area contributed by atoms with E-state index in [9.17, 15) is 9.59 Å². The number of rotatable bonds is 4. The molecule has 2 heterocycles. The lowest BCUT2D eigenvalue weighted by molar-refractivity contribution is -0.138. The number of hydroxylamine groups is 1. The zero-order chi connectivity index (χ0) is 11.5. The molecule has 0 aliphatic carbocycles. The average molecular weight is 228 g/mol. The Kier molecular flexibility index (Phi) is 3.25. The summed E-state index contributed by atoms with van der Waals surface area (Å²) >= 11 is 0. The van der Waals surface area contributed by atoms with E-state index in [2.05, 4.69) is 10.8 Å². The Morgan fingerprint density at radius 1 is 1.62 bits per heavy atom. The van der Waals surface area contributed by atoms with E-state index in [0.29, 0.717) is 19.5 Å². The van der Waals surface area contributed by atoms with Crippen LogP contribution in [0.3, 0.4) is 0 Å². The number of nitrogens with zero attached hydrogens (tertiary/aromatic N) is 1. The normalized spacial score (nSPS) is 27.8. The second-order valence-electron chi connectivity index (χ2n) is 4.00. The van der Waals surface area contributed by atoms with Gasteiger partial charge in [0.1, 0.15) is 6.04 Å². The molecule has 2 bridgehead atoms. The van der Waals surface area contributed by atoms with Crippen molar-refractivity contribution in [3.8, 4) is 0 Å². The summed E-state index contributed by atoms with van der Waals surface area (Å²) in [7, 11) is 0. The highest BCUT2D eigenvalue weighted by atomic mass is 16.7. The Bertz CT molecular complexity index is 296. The van der Waals surface area contributed by atoms with Gasteiger partial charge >= 0.3 is 6.03 Å². The fourth-order valence-electron chi connectivity index (χ4n) is 2.09. The predicted molar refractivity (Wildman–Crippen MR) is 55.2 cm³/mol. The van der Waals surface area contributed by atoms with Crippen LogP contribution >= 0.6 is 0 Å². The molecule has 2 aliphatic heterocycles. The van der Waals surface area contributed by atoms with Crippen molar-refractivity contribution in [2.45, 2.75) is 24.9 Å². The van der Waals surface area contributed by atoms with Crippen molar-refractivity contribution in [1.82, 2.24) is 15.7 Å². The van der Waals surface area contributed by atoms with Crippen molar-refractivity contribution in [2.75, 3.05) is 19.7 Å². The monoisotopic (exact) mass is 228 g/mol. The van der Waals surface area contributed by atoms with E-state index >= 15 is 0 Å². The number of piperidine rings is 1. The first-order valence-electron chi connectivity index (χ1n) is 5.41. The van der Waals surface area contributed by atoms with E-state index in [1.165, 1.54) is 0 Å². The number of fused-ring (bicyclic) bond motifs is 2. The lowest BCUT2D eigenvalue weighted by atomic mass is 10.0. The highest BCUT2D eigenvalue weighted by Gasteiger charge is 2.41. The van der Waals surface area contributed by atoms with Crippen LogP contribution in [0.2, 0.25) is 0 Å². The molecule has 16 heavy (non-hydrogen) atoms. The summed E-state index contributed by atoms with van der Waals surface area (Å²) in [5.74, 6) is -0.274. The number of carbonyl (C=O) groups excluding carboxylic acids is 2. The van der Waals surface area contributed by atoms with Crippen molar-refractivity contribution < 1.29 is 14.4 Å². The molecule has 1 unspecified atom stereocenters. The molecule has 2 atom stereocenters. The third-order valence-electron chi connectivity index (χ3n) is 2.87. The molecule has 2 saturated heterocycles. The van der Waals surface area contributed by atoms with Gasteiger partial charge in [-0.2, -0.15) is 0 Å². The molecule has 0 saturated carbocycles. The van der Waals surface area contributed by atoms with Crippen molar-refractivity contribution in [2.24, 2.45) is 5.73 Å². The fraction of sp³-hybridized carbons (Fsp3) is 0.778. The van der Waals surface area contributed by atoms with Crippen LogP contribution in [0.4, 0.5) is 4.79 Å². The van der Waals surface area contributed by atoms with Crippen LogP contribution in [0.25, 0.3) is 0 Å². The van der Waals surface area contributed by atoms with Crippen LogP contribution in [0, 0.1) is 0 Å². The topological polar surface area (TPSA) is 96.7 Å². The van der Waals surface area contributed by atoms with Gasteiger partial charge in [0.2, 0.25) is 0 Å². The van der Waals surface area contributed by atoms with E-state index in [4.69, 9.17) is 10.6 Å². The molecule has 2 rings (SSSR count). The molecular formula is C9H16N4O3. The van der Waals surface area contributed by atoms with Gasteiger partial charge in [0, 0.05) is 19.1 Å². The van der Waals surface area contributed by atoms with Crippen molar-refractivity contribution in [3.05, 3.63) is 0 Å². The minimum Gasteiger partial charge on any atom is -0.333 e. The van der Waals surface area contributed by atoms with E-state index in [-0.39, 0.29) is 24.6 Å². The number of amides is 3. The minimum absolute atomic E-state index is 0.165. The van der Waals surface area contributed by atoms with Crippen LogP contribution in [-0.4, -0.2) is 48.6 Å². The predicted octanol–water partition coefficient (Wildman–Crippen LogP) is -1.45. The van der Waals surface area contributed by atoms with Crippen LogP contribution in [0.1, 0.15) is 12.8 Å². The number of nitrogens with two attached hydrogens (primary N) is 1. The van der Waals surface area contributed by atoms with Gasteiger partial charge in [-0.1, -0.05) is 0 Å². The van der Waals surface area contributed by atoms with Gasteiger partial charge in [-0.3, -0.25) is 9.63 Å². The summed E-state index contributed by atoms with van der Waals surface area (Å²) in [4.78, 5) is 29.6. The smallest absolute Gasteiger partial charge is 0.318 e. The van der Waals surface area contributed by atoms with Gasteiger partial charge in [-0.25, -0.2) is 10.3 Å². The van der Waals surface area contributed by atoms with E-state index < -0.39 is 6.04 Å². The lowest BCUT2D eigenvalue weighted by Crippen LogP contribution is -2.49. The molecule has 3 amide bonds. The first kappa shape index (κ1) is 11.2. The Labute approximate surface area is 93.2 Å². The SMILES string of the molecule is NCCONC(=O)[C@@H]1CCC2CN1C(=O)N2. The molecule has 0 radical (unpaired) electrons. The van der Waals surface area contributed by atoms with Gasteiger partial charge < -0.3 is 16.0 Å². The third-order valence-corrected chi connectivity index (χ3v) is 2.87. The van der Waals surface area contributed by atoms with Crippen molar-refractivity contribution >= 4 is 11.9 Å². The maximum absolute atomic E-state index is 11.7. The molecule has 7 nitrogen and oxygen atoms in total. The lowest BCUT2D eigenvalue weighted by Gasteiger charge is -2.29. The van der Waals surface area contributed by atoms with Gasteiger partial charge in [-0.15, -0.1) is 0 Å². The summed E-state index contributed by atoms with van der Waals surface area (Å²) in [5.41, 5.74) is 7.54. The summed E-state index contributed by atoms with van der Waals surface area (Å²) in [6.07, 6.45) is 1.50. The summed E-state index contributed by atoms with van der Waals surface area (Å²) in [6, 6.07) is -0.389. The maximum Gasteiger partial charge on any atom is 0.318 e. The molecule has 0 aromatic carbocycles. The first-order chi connectivity index (χ1) is 7.72. The molecule has 0 aromatic heterocycles. The summed E-state index contributed by atoms with van der Waals surface area (Å²) in [6.45, 7) is 1.22. The van der Waals surface area contributed by atoms with E-state index in [1.54, 1.807) is 4.90 Å². The Morgan fingerprint density at radius 2 is 2.44 bits per heavy atom. The van der Waals surface area contributed by atoms with Crippen molar-refractivity contribution in [1.29, 1.82) is 0 Å². The number of urea groups is 1. The quantitative estimate of drug-likeness (QED) is 0.405. The number of hydrogen-bond acceptors (Lipinski definition) is 4.